The molecule has 3 aromatic carbocycles. The van der Waals surface area contributed by atoms with Gasteiger partial charge in [-0.25, -0.2) is 4.79 Å². The van der Waals surface area contributed by atoms with E-state index >= 15 is 0 Å². The van der Waals surface area contributed by atoms with Crippen LogP contribution >= 0.6 is 11.8 Å². The van der Waals surface area contributed by atoms with Gasteiger partial charge in [-0.05, 0) is 74.8 Å². The van der Waals surface area contributed by atoms with Crippen LogP contribution in [0, 0.1) is 0 Å². The lowest BCUT2D eigenvalue weighted by Gasteiger charge is -2.12. The van der Waals surface area contributed by atoms with E-state index in [1.54, 1.807) is 11.8 Å². The SMILES string of the molecule is CN(C)CCn1ccc2cc(NC(=O)Nc3ccc(Sc4ccccc4)cc3)ccc21. The van der Waals surface area contributed by atoms with Crippen molar-refractivity contribution in [1.29, 1.82) is 0 Å². The molecule has 31 heavy (non-hydrogen) atoms. The van der Waals surface area contributed by atoms with Gasteiger partial charge in [-0.3, -0.25) is 0 Å². The topological polar surface area (TPSA) is 49.3 Å². The molecule has 0 saturated carbocycles. The first-order chi connectivity index (χ1) is 15.1. The van der Waals surface area contributed by atoms with Gasteiger partial charge in [0.05, 0.1) is 0 Å². The zero-order valence-electron chi connectivity index (χ0n) is 17.7. The minimum Gasteiger partial charge on any atom is -0.346 e. The number of aromatic nitrogens is 1. The molecule has 2 amide bonds. The highest BCUT2D eigenvalue weighted by Gasteiger charge is 2.07. The molecule has 1 heterocycles. The second-order valence-corrected chi connectivity index (χ2v) is 8.75. The van der Waals surface area contributed by atoms with Crippen LogP contribution in [0.4, 0.5) is 16.2 Å². The molecular formula is C25H26N4OS. The van der Waals surface area contributed by atoms with Crippen LogP contribution in [0.2, 0.25) is 0 Å². The molecule has 0 radical (unpaired) electrons. The van der Waals surface area contributed by atoms with Crippen LogP contribution in [0.1, 0.15) is 0 Å². The average Bonchev–Trinajstić information content (AvgIpc) is 3.16. The lowest BCUT2D eigenvalue weighted by molar-refractivity contribution is 0.262. The molecule has 0 aliphatic rings. The number of nitrogens with one attached hydrogen (secondary N) is 2. The molecule has 0 aliphatic heterocycles. The van der Waals surface area contributed by atoms with E-state index in [9.17, 15) is 4.79 Å². The van der Waals surface area contributed by atoms with Gasteiger partial charge < -0.3 is 20.1 Å². The number of fused-ring (bicyclic) bond motifs is 1. The van der Waals surface area contributed by atoms with Crippen LogP contribution in [-0.4, -0.2) is 36.1 Å². The molecule has 0 bridgehead atoms. The van der Waals surface area contributed by atoms with Gasteiger partial charge in [0, 0.05) is 51.4 Å². The molecule has 6 heteroatoms. The Labute approximate surface area is 187 Å². The predicted molar refractivity (Wildman–Crippen MR) is 130 cm³/mol. The van der Waals surface area contributed by atoms with Gasteiger partial charge >= 0.3 is 6.03 Å². The van der Waals surface area contributed by atoms with Crippen molar-refractivity contribution < 1.29 is 4.79 Å². The Hall–Kier alpha value is -3.22. The van der Waals surface area contributed by atoms with Crippen molar-refractivity contribution in [3.8, 4) is 0 Å². The number of hydrogen-bond acceptors (Lipinski definition) is 3. The maximum atomic E-state index is 12.4. The van der Waals surface area contributed by atoms with E-state index in [0.717, 1.165) is 34.7 Å². The highest BCUT2D eigenvalue weighted by Crippen LogP contribution is 2.28. The lowest BCUT2D eigenvalue weighted by Crippen LogP contribution is -2.19. The summed E-state index contributed by atoms with van der Waals surface area (Å²) in [6.07, 6.45) is 2.09. The number of carbonyl (C=O) groups excluding carboxylic acids is 1. The number of hydrogen-bond donors (Lipinski definition) is 2. The van der Waals surface area contributed by atoms with Crippen LogP contribution < -0.4 is 10.6 Å². The molecule has 0 aliphatic carbocycles. The van der Waals surface area contributed by atoms with E-state index in [1.165, 1.54) is 10.4 Å². The molecule has 158 valence electrons. The third-order valence-corrected chi connectivity index (χ3v) is 5.92. The summed E-state index contributed by atoms with van der Waals surface area (Å²) in [7, 11) is 4.14. The Balaban J connectivity index is 1.35. The third kappa shape index (κ3) is 5.69. The van der Waals surface area contributed by atoms with E-state index in [0.29, 0.717) is 0 Å². The van der Waals surface area contributed by atoms with E-state index in [2.05, 4.69) is 64.7 Å². The van der Waals surface area contributed by atoms with Crippen molar-refractivity contribution in [2.45, 2.75) is 16.3 Å². The summed E-state index contributed by atoms with van der Waals surface area (Å²) < 4.78 is 2.23. The standard InChI is InChI=1S/C25H26N4OS/c1-28(2)16-17-29-15-14-19-18-21(10-13-24(19)29)27-25(30)26-20-8-11-23(12-9-20)31-22-6-4-3-5-7-22/h3-15,18H,16-17H2,1-2H3,(H2,26,27,30). The van der Waals surface area contributed by atoms with Gasteiger partial charge in [-0.15, -0.1) is 0 Å². The van der Waals surface area contributed by atoms with Crippen LogP contribution in [0.3, 0.4) is 0 Å². The molecular weight excluding hydrogens is 404 g/mol. The van der Waals surface area contributed by atoms with E-state index < -0.39 is 0 Å². The van der Waals surface area contributed by atoms with Gasteiger partial charge in [-0.1, -0.05) is 30.0 Å². The monoisotopic (exact) mass is 430 g/mol. The number of urea groups is 1. The first-order valence-electron chi connectivity index (χ1n) is 10.2. The molecule has 4 rings (SSSR count). The summed E-state index contributed by atoms with van der Waals surface area (Å²) in [4.78, 5) is 16.9. The zero-order chi connectivity index (χ0) is 21.6. The van der Waals surface area contributed by atoms with Gasteiger partial charge in [-0.2, -0.15) is 0 Å². The summed E-state index contributed by atoms with van der Waals surface area (Å²) in [5.74, 6) is 0. The normalized spacial score (nSPS) is 11.1. The Morgan fingerprint density at radius 1 is 0.871 bits per heavy atom. The molecule has 0 fully saturated rings. The highest BCUT2D eigenvalue weighted by atomic mass is 32.2. The van der Waals surface area contributed by atoms with Crippen molar-refractivity contribution in [1.82, 2.24) is 9.47 Å². The fourth-order valence-electron chi connectivity index (χ4n) is 3.30. The number of nitrogens with zero attached hydrogens (tertiary/aromatic N) is 2. The highest BCUT2D eigenvalue weighted by molar-refractivity contribution is 7.99. The van der Waals surface area contributed by atoms with Crippen molar-refractivity contribution in [2.24, 2.45) is 0 Å². The maximum absolute atomic E-state index is 12.4. The fraction of sp³-hybridized carbons (Fsp3) is 0.160. The first kappa shape index (κ1) is 21.0. The Bertz CT molecular complexity index is 1150. The average molecular weight is 431 g/mol. The fourth-order valence-corrected chi connectivity index (χ4v) is 4.14. The molecule has 0 unspecified atom stereocenters. The molecule has 0 atom stereocenters. The van der Waals surface area contributed by atoms with Gasteiger partial charge in [0.2, 0.25) is 0 Å². The number of benzene rings is 3. The molecule has 1 aromatic heterocycles. The molecule has 5 nitrogen and oxygen atoms in total. The number of rotatable bonds is 7. The van der Waals surface area contributed by atoms with Crippen molar-refractivity contribution in [3.63, 3.8) is 0 Å². The number of anilines is 2. The van der Waals surface area contributed by atoms with Crippen LogP contribution in [0.5, 0.6) is 0 Å². The van der Waals surface area contributed by atoms with Crippen LogP contribution in [0.25, 0.3) is 10.9 Å². The summed E-state index contributed by atoms with van der Waals surface area (Å²) in [5, 5.41) is 6.93. The van der Waals surface area contributed by atoms with Crippen LogP contribution in [-0.2, 0) is 6.54 Å². The summed E-state index contributed by atoms with van der Waals surface area (Å²) in [6.45, 7) is 1.91. The van der Waals surface area contributed by atoms with Crippen molar-refractivity contribution >= 4 is 40.1 Å². The summed E-state index contributed by atoms with van der Waals surface area (Å²) in [5.41, 5.74) is 2.69. The van der Waals surface area contributed by atoms with Crippen LogP contribution in [0.15, 0.2) is 94.9 Å². The molecule has 4 aromatic rings. The second kappa shape index (κ2) is 9.73. The Morgan fingerprint density at radius 2 is 1.55 bits per heavy atom. The second-order valence-electron chi connectivity index (χ2n) is 7.60. The minimum absolute atomic E-state index is 0.255. The summed E-state index contributed by atoms with van der Waals surface area (Å²) in [6, 6.07) is 25.9. The summed E-state index contributed by atoms with van der Waals surface area (Å²) >= 11 is 1.69. The lowest BCUT2D eigenvalue weighted by atomic mass is 10.2. The Morgan fingerprint density at radius 3 is 2.29 bits per heavy atom. The predicted octanol–water partition coefficient (Wildman–Crippen LogP) is 6.00. The van der Waals surface area contributed by atoms with Crippen molar-refractivity contribution in [3.05, 3.63) is 85.1 Å². The molecule has 0 spiro atoms. The van der Waals surface area contributed by atoms with E-state index in [1.807, 2.05) is 54.6 Å². The smallest absolute Gasteiger partial charge is 0.323 e. The van der Waals surface area contributed by atoms with E-state index in [-0.39, 0.29) is 6.03 Å². The maximum Gasteiger partial charge on any atom is 0.323 e. The Kier molecular flexibility index (Phi) is 6.60. The number of carbonyl (C=O) groups is 1. The zero-order valence-corrected chi connectivity index (χ0v) is 18.5. The molecule has 0 saturated heterocycles. The largest absolute Gasteiger partial charge is 0.346 e. The van der Waals surface area contributed by atoms with E-state index in [4.69, 9.17) is 0 Å². The van der Waals surface area contributed by atoms with Crippen molar-refractivity contribution in [2.75, 3.05) is 31.3 Å². The minimum atomic E-state index is -0.255. The van der Waals surface area contributed by atoms with Gasteiger partial charge in [0.25, 0.3) is 0 Å². The van der Waals surface area contributed by atoms with Gasteiger partial charge in [0.15, 0.2) is 0 Å². The third-order valence-electron chi connectivity index (χ3n) is 4.91. The number of amides is 2. The number of likely N-dealkylation sites (N-methyl/N-ethyl adjacent to an activating group) is 1. The molecule has 2 N–H and O–H groups in total. The van der Waals surface area contributed by atoms with Gasteiger partial charge in [0.1, 0.15) is 0 Å². The quantitative estimate of drug-likeness (QED) is 0.378. The first-order valence-corrected chi connectivity index (χ1v) is 11.0.